The smallest absolute Gasteiger partial charge is 0.152 e. The zero-order valence-corrected chi connectivity index (χ0v) is 12.2. The van der Waals surface area contributed by atoms with E-state index >= 15 is 0 Å². The van der Waals surface area contributed by atoms with E-state index in [0.29, 0.717) is 0 Å². The van der Waals surface area contributed by atoms with Crippen molar-refractivity contribution in [2.45, 2.75) is 35.3 Å². The van der Waals surface area contributed by atoms with Crippen molar-refractivity contribution in [1.29, 1.82) is 0 Å². The summed E-state index contributed by atoms with van der Waals surface area (Å²) in [5.41, 5.74) is 1.15. The zero-order chi connectivity index (χ0) is 12.5. The summed E-state index contributed by atoms with van der Waals surface area (Å²) in [5.74, 6) is 0.129. The Morgan fingerprint density at radius 1 is 1.18 bits per heavy atom. The third kappa shape index (κ3) is 2.91. The predicted octanol–water partition coefficient (Wildman–Crippen LogP) is 3.13. The molecule has 94 valence electrons. The molecule has 1 aliphatic rings. The molecule has 4 heteroatoms. The highest BCUT2D eigenvalue weighted by Gasteiger charge is 2.39. The van der Waals surface area contributed by atoms with E-state index in [1.165, 1.54) is 6.26 Å². The summed E-state index contributed by atoms with van der Waals surface area (Å²) in [6.07, 6.45) is 4.35. The molecule has 2 nitrogen and oxygen atoms in total. The van der Waals surface area contributed by atoms with Gasteiger partial charge in [0.1, 0.15) is 0 Å². The zero-order valence-electron chi connectivity index (χ0n) is 9.84. The molecule has 0 amide bonds. The second kappa shape index (κ2) is 5.11. The highest BCUT2D eigenvalue weighted by Crippen LogP contribution is 2.39. The van der Waals surface area contributed by atoms with E-state index in [4.69, 9.17) is 0 Å². The van der Waals surface area contributed by atoms with Crippen molar-refractivity contribution in [3.05, 3.63) is 35.9 Å². The number of hydrogen-bond donors (Lipinski definition) is 0. The molecule has 1 aromatic rings. The third-order valence-electron chi connectivity index (χ3n) is 3.47. The molecule has 0 heterocycles. The van der Waals surface area contributed by atoms with Crippen LogP contribution in [-0.2, 0) is 9.84 Å². The van der Waals surface area contributed by atoms with Crippen LogP contribution in [0.3, 0.4) is 0 Å². The molecule has 0 radical (unpaired) electrons. The first-order valence-corrected chi connectivity index (χ1v) is 8.75. The fraction of sp³-hybridized carbons (Fsp3) is 0.538. The quantitative estimate of drug-likeness (QED) is 0.785. The van der Waals surface area contributed by atoms with Gasteiger partial charge in [-0.05, 0) is 18.4 Å². The molecular formula is C13H17BrO2S. The van der Waals surface area contributed by atoms with Gasteiger partial charge in [0.05, 0.1) is 5.25 Å². The van der Waals surface area contributed by atoms with Crippen LogP contribution in [-0.4, -0.2) is 24.8 Å². The molecule has 2 rings (SSSR count). The molecule has 1 fully saturated rings. The summed E-state index contributed by atoms with van der Waals surface area (Å²) in [5, 5.41) is -0.293. The van der Waals surface area contributed by atoms with E-state index in [2.05, 4.69) is 15.9 Å². The number of alkyl halides is 1. The Bertz CT molecular complexity index is 469. The molecule has 0 saturated heterocycles. The van der Waals surface area contributed by atoms with Gasteiger partial charge < -0.3 is 0 Å². The Kier molecular flexibility index (Phi) is 3.93. The molecule has 0 aliphatic heterocycles. The highest BCUT2D eigenvalue weighted by atomic mass is 79.9. The maximum atomic E-state index is 12.0. The Hall–Kier alpha value is -0.350. The second-order valence-corrected chi connectivity index (χ2v) is 8.14. The van der Waals surface area contributed by atoms with E-state index in [-0.39, 0.29) is 16.0 Å². The van der Waals surface area contributed by atoms with E-state index in [1.807, 2.05) is 30.3 Å². The van der Waals surface area contributed by atoms with Crippen molar-refractivity contribution in [2.24, 2.45) is 0 Å². The fourth-order valence-corrected chi connectivity index (χ4v) is 6.17. The maximum Gasteiger partial charge on any atom is 0.152 e. The van der Waals surface area contributed by atoms with Gasteiger partial charge in [0.2, 0.25) is 0 Å². The summed E-state index contributed by atoms with van der Waals surface area (Å²) in [6, 6.07) is 9.99. The van der Waals surface area contributed by atoms with Crippen LogP contribution in [0.2, 0.25) is 0 Å². The lowest BCUT2D eigenvalue weighted by atomic mass is 9.83. The lowest BCUT2D eigenvalue weighted by molar-refractivity contribution is 0.448. The van der Waals surface area contributed by atoms with Gasteiger partial charge in [-0.2, -0.15) is 0 Å². The van der Waals surface area contributed by atoms with Gasteiger partial charge in [-0.3, -0.25) is 0 Å². The van der Waals surface area contributed by atoms with Crippen LogP contribution >= 0.6 is 15.9 Å². The average Bonchev–Trinajstić information content (AvgIpc) is 2.28. The maximum absolute atomic E-state index is 12.0. The summed E-state index contributed by atoms with van der Waals surface area (Å²) >= 11 is 3.55. The molecule has 0 N–H and O–H groups in total. The van der Waals surface area contributed by atoms with Crippen LogP contribution in [0, 0.1) is 0 Å². The normalized spacial score (nSPS) is 30.1. The SMILES string of the molecule is CS(=O)(=O)C1C(Br)CCCC1c1ccccc1. The molecule has 1 saturated carbocycles. The lowest BCUT2D eigenvalue weighted by Gasteiger charge is -2.34. The first kappa shape index (κ1) is 13.1. The van der Waals surface area contributed by atoms with Crippen molar-refractivity contribution < 1.29 is 8.42 Å². The summed E-state index contributed by atoms with van der Waals surface area (Å²) in [4.78, 5) is 0.0801. The molecule has 17 heavy (non-hydrogen) atoms. The van der Waals surface area contributed by atoms with Gasteiger partial charge in [-0.1, -0.05) is 52.7 Å². The van der Waals surface area contributed by atoms with Gasteiger partial charge in [-0.15, -0.1) is 0 Å². The van der Waals surface area contributed by atoms with E-state index in [0.717, 1.165) is 24.8 Å². The van der Waals surface area contributed by atoms with Gasteiger partial charge in [0, 0.05) is 17.0 Å². The van der Waals surface area contributed by atoms with Crippen LogP contribution < -0.4 is 0 Å². The number of halogens is 1. The highest BCUT2D eigenvalue weighted by molar-refractivity contribution is 9.09. The molecule has 3 atom stereocenters. The van der Waals surface area contributed by atoms with Gasteiger partial charge >= 0.3 is 0 Å². The van der Waals surface area contributed by atoms with E-state index in [1.54, 1.807) is 0 Å². The molecular weight excluding hydrogens is 300 g/mol. The number of benzene rings is 1. The standard InChI is InChI=1S/C13H17BrO2S/c1-17(15,16)13-11(8-5-9-12(13)14)10-6-3-2-4-7-10/h2-4,6-7,11-13H,5,8-9H2,1H3. The second-order valence-electron chi connectivity index (χ2n) is 4.76. The van der Waals surface area contributed by atoms with Crippen molar-refractivity contribution in [1.82, 2.24) is 0 Å². The average molecular weight is 317 g/mol. The Morgan fingerprint density at radius 3 is 2.41 bits per heavy atom. The van der Waals surface area contributed by atoms with Gasteiger partial charge in [0.15, 0.2) is 9.84 Å². The molecule has 0 aromatic heterocycles. The van der Waals surface area contributed by atoms with Crippen molar-refractivity contribution in [2.75, 3.05) is 6.26 Å². The molecule has 0 spiro atoms. The van der Waals surface area contributed by atoms with Crippen LogP contribution in [0.5, 0.6) is 0 Å². The molecule has 0 bridgehead atoms. The molecule has 1 aromatic carbocycles. The number of sulfone groups is 1. The first-order chi connectivity index (χ1) is 8.00. The Labute approximate surface area is 111 Å². The Morgan fingerprint density at radius 2 is 1.82 bits per heavy atom. The number of rotatable bonds is 2. The van der Waals surface area contributed by atoms with E-state index < -0.39 is 9.84 Å². The fourth-order valence-electron chi connectivity index (χ4n) is 2.74. The van der Waals surface area contributed by atoms with Gasteiger partial charge in [0.25, 0.3) is 0 Å². The summed E-state index contributed by atoms with van der Waals surface area (Å²) in [7, 11) is -3.02. The molecule has 1 aliphatic carbocycles. The summed E-state index contributed by atoms with van der Waals surface area (Å²) in [6.45, 7) is 0. The van der Waals surface area contributed by atoms with Crippen LogP contribution in [0.15, 0.2) is 30.3 Å². The number of hydrogen-bond acceptors (Lipinski definition) is 2. The van der Waals surface area contributed by atoms with E-state index in [9.17, 15) is 8.42 Å². The van der Waals surface area contributed by atoms with Crippen molar-refractivity contribution in [3.8, 4) is 0 Å². The topological polar surface area (TPSA) is 34.1 Å². The minimum atomic E-state index is -3.02. The largest absolute Gasteiger partial charge is 0.229 e. The lowest BCUT2D eigenvalue weighted by Crippen LogP contribution is -2.38. The Balaban J connectivity index is 2.37. The first-order valence-electron chi connectivity index (χ1n) is 5.88. The third-order valence-corrected chi connectivity index (χ3v) is 6.49. The molecule has 3 unspecified atom stereocenters. The van der Waals surface area contributed by atoms with Crippen LogP contribution in [0.25, 0.3) is 0 Å². The minimum Gasteiger partial charge on any atom is -0.229 e. The van der Waals surface area contributed by atoms with Crippen molar-refractivity contribution >= 4 is 25.8 Å². The minimum absolute atomic E-state index is 0.0801. The predicted molar refractivity (Wildman–Crippen MR) is 74.4 cm³/mol. The summed E-state index contributed by atoms with van der Waals surface area (Å²) < 4.78 is 23.9. The van der Waals surface area contributed by atoms with Crippen LogP contribution in [0.1, 0.15) is 30.7 Å². The monoisotopic (exact) mass is 316 g/mol. The van der Waals surface area contributed by atoms with Gasteiger partial charge in [-0.25, -0.2) is 8.42 Å². The van der Waals surface area contributed by atoms with Crippen molar-refractivity contribution in [3.63, 3.8) is 0 Å². The van der Waals surface area contributed by atoms with Crippen LogP contribution in [0.4, 0.5) is 0 Å².